The molecule has 0 spiro atoms. The quantitative estimate of drug-likeness (QED) is 0.551. The molecule has 3 fully saturated rings. The van der Waals surface area contributed by atoms with E-state index in [2.05, 4.69) is 20.4 Å². The van der Waals surface area contributed by atoms with E-state index in [1.54, 1.807) is 0 Å². The molecule has 1 aromatic carbocycles. The molecular formula is C24H27ClF4N4O. The Balaban J connectivity index is 1.26. The molecule has 1 aromatic heterocycles. The average molecular weight is 499 g/mol. The standard InChI is InChI=1S/C24H27ClF4N4O/c25-21-2-1-17(26)9-19(21)23-20(24(27,28)29)10-22(31-32-23)30-18-7-15-12-33(13-16(15)8-18)11-14-3-5-34-6-4-14/h1-2,9-10,14-16,18H,3-8,11-13H2,(H,30,31)/t15-,16?,18+/m1/s1. The van der Waals surface area contributed by atoms with Crippen molar-refractivity contribution in [1.29, 1.82) is 0 Å². The minimum Gasteiger partial charge on any atom is -0.381 e. The second-order valence-corrected chi connectivity index (χ2v) is 10.1. The maximum Gasteiger partial charge on any atom is 0.418 e. The maximum absolute atomic E-state index is 13.8. The van der Waals surface area contributed by atoms with Crippen LogP contribution in [0.1, 0.15) is 31.2 Å². The Morgan fingerprint density at radius 1 is 1.06 bits per heavy atom. The number of aromatic nitrogens is 2. The summed E-state index contributed by atoms with van der Waals surface area (Å²) in [4.78, 5) is 2.54. The van der Waals surface area contributed by atoms with Gasteiger partial charge in [0.1, 0.15) is 17.3 Å². The number of alkyl halides is 3. The number of likely N-dealkylation sites (tertiary alicyclic amines) is 1. The minimum atomic E-state index is -4.69. The van der Waals surface area contributed by atoms with Gasteiger partial charge in [-0.25, -0.2) is 4.39 Å². The zero-order valence-corrected chi connectivity index (χ0v) is 19.4. The first-order valence-corrected chi connectivity index (χ1v) is 12.1. The number of hydrogen-bond acceptors (Lipinski definition) is 5. The van der Waals surface area contributed by atoms with Gasteiger partial charge in [-0.1, -0.05) is 11.6 Å². The Bertz CT molecular complexity index is 1020. The Morgan fingerprint density at radius 2 is 1.76 bits per heavy atom. The van der Waals surface area contributed by atoms with E-state index in [9.17, 15) is 17.6 Å². The SMILES string of the molecule is Fc1ccc(Cl)c(-c2nnc(N[C@@H]3CC4CN(CC5CCOCC5)C[C@H]4C3)cc2C(F)(F)F)c1. The zero-order chi connectivity index (χ0) is 23.9. The molecular weight excluding hydrogens is 472 g/mol. The molecule has 0 bridgehead atoms. The number of hydrogen-bond donors (Lipinski definition) is 1. The van der Waals surface area contributed by atoms with Crippen LogP contribution in [0.5, 0.6) is 0 Å². The number of ether oxygens (including phenoxy) is 1. The Kier molecular flexibility index (Phi) is 6.70. The van der Waals surface area contributed by atoms with Crippen molar-refractivity contribution in [3.05, 3.63) is 40.7 Å². The molecule has 2 aliphatic heterocycles. The Hall–Kier alpha value is -1.97. The molecule has 5 nitrogen and oxygen atoms in total. The fourth-order valence-corrected chi connectivity index (χ4v) is 5.93. The van der Waals surface area contributed by atoms with E-state index < -0.39 is 23.3 Å². The number of benzene rings is 1. The lowest BCUT2D eigenvalue weighted by Crippen LogP contribution is -2.32. The molecule has 34 heavy (non-hydrogen) atoms. The molecule has 3 atom stereocenters. The summed E-state index contributed by atoms with van der Waals surface area (Å²) in [6.07, 6.45) is -0.654. The van der Waals surface area contributed by atoms with Crippen LogP contribution in [-0.2, 0) is 10.9 Å². The molecule has 0 radical (unpaired) electrons. The molecule has 10 heteroatoms. The smallest absolute Gasteiger partial charge is 0.381 e. The van der Waals surface area contributed by atoms with Crippen molar-refractivity contribution in [3.8, 4) is 11.3 Å². The number of anilines is 1. The predicted molar refractivity (Wildman–Crippen MR) is 121 cm³/mol. The third-order valence-electron chi connectivity index (χ3n) is 7.32. The van der Waals surface area contributed by atoms with Crippen LogP contribution in [0.2, 0.25) is 5.02 Å². The van der Waals surface area contributed by atoms with Gasteiger partial charge in [0.25, 0.3) is 0 Å². The van der Waals surface area contributed by atoms with Gasteiger partial charge >= 0.3 is 6.18 Å². The second-order valence-electron chi connectivity index (χ2n) is 9.72. The summed E-state index contributed by atoms with van der Waals surface area (Å²) >= 11 is 6.03. The molecule has 2 saturated heterocycles. The first-order valence-electron chi connectivity index (χ1n) is 11.7. The van der Waals surface area contributed by atoms with E-state index in [0.29, 0.717) is 17.8 Å². The fraction of sp³-hybridized carbons (Fsp3) is 0.583. The first kappa shape index (κ1) is 23.8. The van der Waals surface area contributed by atoms with Crippen LogP contribution in [0, 0.1) is 23.6 Å². The van der Waals surface area contributed by atoms with Crippen molar-refractivity contribution in [2.45, 2.75) is 37.9 Å². The summed E-state index contributed by atoms with van der Waals surface area (Å²) in [5.74, 6) is 1.16. The molecule has 1 saturated carbocycles. The summed E-state index contributed by atoms with van der Waals surface area (Å²) in [6, 6.07) is 4.25. The van der Waals surface area contributed by atoms with Gasteiger partial charge in [0, 0.05) is 44.5 Å². The third-order valence-corrected chi connectivity index (χ3v) is 7.65. The van der Waals surface area contributed by atoms with E-state index in [0.717, 1.165) is 76.7 Å². The summed E-state index contributed by atoms with van der Waals surface area (Å²) < 4.78 is 60.6. The number of nitrogens with zero attached hydrogens (tertiary/aromatic N) is 3. The van der Waals surface area contributed by atoms with E-state index >= 15 is 0 Å². The average Bonchev–Trinajstić information content (AvgIpc) is 3.33. The fourth-order valence-electron chi connectivity index (χ4n) is 5.72. The molecule has 184 valence electrons. The maximum atomic E-state index is 13.8. The van der Waals surface area contributed by atoms with Crippen LogP contribution >= 0.6 is 11.6 Å². The molecule has 1 unspecified atom stereocenters. The van der Waals surface area contributed by atoms with Crippen LogP contribution in [0.3, 0.4) is 0 Å². The highest BCUT2D eigenvalue weighted by atomic mass is 35.5. The van der Waals surface area contributed by atoms with Crippen molar-refractivity contribution in [2.75, 3.05) is 38.2 Å². The van der Waals surface area contributed by atoms with Crippen LogP contribution in [0.15, 0.2) is 24.3 Å². The van der Waals surface area contributed by atoms with Crippen molar-refractivity contribution in [3.63, 3.8) is 0 Å². The van der Waals surface area contributed by atoms with Gasteiger partial charge in [-0.05, 0) is 67.7 Å². The van der Waals surface area contributed by atoms with Gasteiger partial charge < -0.3 is 15.0 Å². The van der Waals surface area contributed by atoms with Gasteiger partial charge in [0.05, 0.1) is 10.6 Å². The highest BCUT2D eigenvalue weighted by Gasteiger charge is 2.42. The molecule has 1 aliphatic carbocycles. The minimum absolute atomic E-state index is 0.0177. The second kappa shape index (κ2) is 9.59. The highest BCUT2D eigenvalue weighted by Crippen LogP contribution is 2.42. The van der Waals surface area contributed by atoms with Crippen LogP contribution in [0.4, 0.5) is 23.4 Å². The number of rotatable bonds is 5. The molecule has 3 heterocycles. The van der Waals surface area contributed by atoms with Crippen molar-refractivity contribution < 1.29 is 22.3 Å². The lowest BCUT2D eigenvalue weighted by molar-refractivity contribution is -0.137. The highest BCUT2D eigenvalue weighted by molar-refractivity contribution is 6.33. The molecule has 0 amide bonds. The normalized spacial score (nSPS) is 26.1. The number of halogens is 5. The number of nitrogens with one attached hydrogen (secondary N) is 1. The predicted octanol–water partition coefficient (Wildman–Crippen LogP) is 5.50. The van der Waals surface area contributed by atoms with Gasteiger partial charge in [-0.2, -0.15) is 13.2 Å². The van der Waals surface area contributed by atoms with Gasteiger partial charge in [0.15, 0.2) is 0 Å². The summed E-state index contributed by atoms with van der Waals surface area (Å²) in [5, 5.41) is 10.9. The van der Waals surface area contributed by atoms with E-state index in [4.69, 9.17) is 16.3 Å². The lowest BCUT2D eigenvalue weighted by atomic mass is 10.00. The Morgan fingerprint density at radius 3 is 2.44 bits per heavy atom. The van der Waals surface area contributed by atoms with Gasteiger partial charge in [-0.3, -0.25) is 0 Å². The van der Waals surface area contributed by atoms with E-state index in [-0.39, 0.29) is 22.4 Å². The van der Waals surface area contributed by atoms with Gasteiger partial charge in [-0.15, -0.1) is 10.2 Å². The van der Waals surface area contributed by atoms with E-state index in [1.807, 2.05) is 0 Å². The molecule has 3 aliphatic rings. The first-order chi connectivity index (χ1) is 16.3. The van der Waals surface area contributed by atoms with Gasteiger partial charge in [0.2, 0.25) is 0 Å². The summed E-state index contributed by atoms with van der Waals surface area (Å²) in [5.41, 5.74) is -1.60. The number of fused-ring (bicyclic) bond motifs is 1. The largest absolute Gasteiger partial charge is 0.418 e. The molecule has 5 rings (SSSR count). The van der Waals surface area contributed by atoms with Crippen molar-refractivity contribution in [2.24, 2.45) is 17.8 Å². The third kappa shape index (κ3) is 5.16. The van der Waals surface area contributed by atoms with Crippen molar-refractivity contribution in [1.82, 2.24) is 15.1 Å². The molecule has 2 aromatic rings. The summed E-state index contributed by atoms with van der Waals surface area (Å²) in [6.45, 7) is 4.89. The monoisotopic (exact) mass is 498 g/mol. The van der Waals surface area contributed by atoms with Crippen LogP contribution in [-0.4, -0.2) is 54.0 Å². The van der Waals surface area contributed by atoms with Crippen molar-refractivity contribution >= 4 is 17.4 Å². The zero-order valence-electron chi connectivity index (χ0n) is 18.6. The topological polar surface area (TPSA) is 50.3 Å². The van der Waals surface area contributed by atoms with E-state index in [1.165, 1.54) is 6.07 Å². The lowest BCUT2D eigenvalue weighted by Gasteiger charge is -2.27. The summed E-state index contributed by atoms with van der Waals surface area (Å²) in [7, 11) is 0. The Labute approximate surface area is 200 Å². The molecule has 1 N–H and O–H groups in total. The van der Waals surface area contributed by atoms with Crippen LogP contribution < -0.4 is 5.32 Å². The van der Waals surface area contributed by atoms with Crippen LogP contribution in [0.25, 0.3) is 11.3 Å².